The second-order valence-corrected chi connectivity index (χ2v) is 6.66. The molecule has 1 aromatic rings. The Hall–Kier alpha value is -0.910. The van der Waals surface area contributed by atoms with Gasteiger partial charge in [0.15, 0.2) is 10.3 Å². The Morgan fingerprint density at radius 1 is 1.33 bits per heavy atom. The van der Waals surface area contributed by atoms with Crippen molar-refractivity contribution in [2.24, 2.45) is 5.92 Å². The predicted octanol–water partition coefficient (Wildman–Crippen LogP) is 2.55. The first kappa shape index (κ1) is 15.0. The molecule has 0 radical (unpaired) electrons. The second kappa shape index (κ2) is 5.71. The summed E-state index contributed by atoms with van der Waals surface area (Å²) >= 11 is 11.7. The van der Waals surface area contributed by atoms with Gasteiger partial charge in [-0.15, -0.1) is 10.2 Å². The van der Waals surface area contributed by atoms with E-state index in [4.69, 9.17) is 23.2 Å². The Morgan fingerprint density at radius 2 is 2.14 bits per heavy atom. The van der Waals surface area contributed by atoms with Gasteiger partial charge in [0.25, 0.3) is 5.91 Å². The van der Waals surface area contributed by atoms with E-state index >= 15 is 0 Å². The van der Waals surface area contributed by atoms with E-state index in [1.165, 1.54) is 6.07 Å². The maximum Gasteiger partial charge on any atom is 0.257 e. The first-order valence-electron chi connectivity index (χ1n) is 7.20. The van der Waals surface area contributed by atoms with Gasteiger partial charge in [0.05, 0.1) is 11.2 Å². The lowest BCUT2D eigenvalue weighted by Crippen LogP contribution is -2.54. The lowest BCUT2D eigenvalue weighted by molar-refractivity contribution is -0.0886. The lowest BCUT2D eigenvalue weighted by atomic mass is 9.71. The van der Waals surface area contributed by atoms with Crippen molar-refractivity contribution < 1.29 is 9.90 Å². The van der Waals surface area contributed by atoms with E-state index in [1.807, 2.05) is 0 Å². The fourth-order valence-electron chi connectivity index (χ4n) is 3.43. The monoisotopic (exact) mass is 329 g/mol. The highest BCUT2D eigenvalue weighted by Crippen LogP contribution is 2.40. The van der Waals surface area contributed by atoms with E-state index in [-0.39, 0.29) is 27.7 Å². The number of hydrogen-bond donors (Lipinski definition) is 1. The van der Waals surface area contributed by atoms with Crippen LogP contribution in [0.5, 0.6) is 0 Å². The summed E-state index contributed by atoms with van der Waals surface area (Å²) in [5.74, 6) is -0.0441. The molecule has 0 bridgehead atoms. The Morgan fingerprint density at radius 3 is 2.95 bits per heavy atom. The normalized spacial score (nSPS) is 29.1. The fourth-order valence-corrected chi connectivity index (χ4v) is 3.75. The van der Waals surface area contributed by atoms with Crippen LogP contribution in [0.1, 0.15) is 42.5 Å². The van der Waals surface area contributed by atoms with Crippen LogP contribution >= 0.6 is 23.2 Å². The number of fused-ring (bicyclic) bond motifs is 1. The van der Waals surface area contributed by atoms with Crippen LogP contribution in [0.2, 0.25) is 10.3 Å². The molecule has 5 nitrogen and oxygen atoms in total. The number of aliphatic hydroxyl groups is 1. The van der Waals surface area contributed by atoms with E-state index in [9.17, 15) is 9.90 Å². The van der Waals surface area contributed by atoms with Crippen LogP contribution < -0.4 is 0 Å². The summed E-state index contributed by atoms with van der Waals surface area (Å²) in [6, 6.07) is 1.45. The van der Waals surface area contributed by atoms with Crippen molar-refractivity contribution in [2.75, 3.05) is 13.1 Å². The molecule has 2 atom stereocenters. The fraction of sp³-hybridized carbons (Fsp3) is 0.643. The van der Waals surface area contributed by atoms with E-state index in [2.05, 4.69) is 10.2 Å². The van der Waals surface area contributed by atoms with Crippen molar-refractivity contribution in [3.05, 3.63) is 21.9 Å². The lowest BCUT2D eigenvalue weighted by Gasteiger charge is -2.47. The van der Waals surface area contributed by atoms with Gasteiger partial charge in [-0.05, 0) is 25.3 Å². The first-order chi connectivity index (χ1) is 9.99. The van der Waals surface area contributed by atoms with Crippen molar-refractivity contribution in [1.29, 1.82) is 0 Å². The number of likely N-dealkylation sites (tertiary alicyclic amines) is 1. The van der Waals surface area contributed by atoms with Crippen molar-refractivity contribution in [1.82, 2.24) is 15.1 Å². The number of carbonyl (C=O) groups excluding carboxylic acids is 1. The Labute approximate surface area is 133 Å². The largest absolute Gasteiger partial charge is 0.389 e. The molecule has 1 saturated heterocycles. The minimum Gasteiger partial charge on any atom is -0.389 e. The summed E-state index contributed by atoms with van der Waals surface area (Å²) in [6.45, 7) is 1.09. The third kappa shape index (κ3) is 2.87. The molecule has 0 aromatic carbocycles. The van der Waals surface area contributed by atoms with E-state index in [1.54, 1.807) is 4.90 Å². The summed E-state index contributed by atoms with van der Waals surface area (Å²) in [7, 11) is 0. The molecule has 1 saturated carbocycles. The average molecular weight is 330 g/mol. The number of rotatable bonds is 1. The van der Waals surface area contributed by atoms with Crippen LogP contribution in [0.15, 0.2) is 6.07 Å². The molecule has 2 unspecified atom stereocenters. The standard InChI is InChI=1S/C14H17Cl2N3O2/c15-11-7-10(12(16)18-17-11)13(20)19-6-5-14(21)4-2-1-3-9(14)8-19/h7,9,21H,1-6,8H2. The summed E-state index contributed by atoms with van der Waals surface area (Å²) < 4.78 is 0. The molecule has 0 spiro atoms. The van der Waals surface area contributed by atoms with Crippen LogP contribution in [-0.2, 0) is 0 Å². The SMILES string of the molecule is O=C(c1cc(Cl)nnc1Cl)N1CCC2(O)CCCCC2C1. The van der Waals surface area contributed by atoms with Crippen LogP contribution in [0.4, 0.5) is 0 Å². The molecule has 1 aliphatic heterocycles. The molecule has 114 valence electrons. The summed E-state index contributed by atoms with van der Waals surface area (Å²) in [5.41, 5.74) is -0.328. The van der Waals surface area contributed by atoms with Crippen molar-refractivity contribution in [3.63, 3.8) is 0 Å². The van der Waals surface area contributed by atoms with Gasteiger partial charge < -0.3 is 10.0 Å². The molecule has 1 N–H and O–H groups in total. The van der Waals surface area contributed by atoms with Crippen LogP contribution in [-0.4, -0.2) is 44.8 Å². The zero-order valence-corrected chi connectivity index (χ0v) is 13.1. The molecule has 3 rings (SSSR count). The number of amides is 1. The van der Waals surface area contributed by atoms with E-state index < -0.39 is 5.60 Å². The van der Waals surface area contributed by atoms with Gasteiger partial charge in [-0.1, -0.05) is 36.0 Å². The van der Waals surface area contributed by atoms with E-state index in [0.717, 1.165) is 25.7 Å². The Balaban J connectivity index is 1.79. The van der Waals surface area contributed by atoms with Gasteiger partial charge in [0, 0.05) is 19.0 Å². The van der Waals surface area contributed by atoms with Crippen molar-refractivity contribution in [3.8, 4) is 0 Å². The summed E-state index contributed by atoms with van der Waals surface area (Å²) in [5, 5.41) is 18.2. The molecule has 2 heterocycles. The van der Waals surface area contributed by atoms with Crippen LogP contribution in [0, 0.1) is 5.92 Å². The molecule has 1 aliphatic carbocycles. The number of carbonyl (C=O) groups is 1. The maximum absolute atomic E-state index is 12.6. The molecule has 7 heteroatoms. The number of piperidine rings is 1. The van der Waals surface area contributed by atoms with Gasteiger partial charge in [-0.3, -0.25) is 4.79 Å². The minimum absolute atomic E-state index is 0.0638. The van der Waals surface area contributed by atoms with Crippen LogP contribution in [0.3, 0.4) is 0 Å². The van der Waals surface area contributed by atoms with Gasteiger partial charge in [-0.2, -0.15) is 0 Å². The Bertz CT molecular complexity index is 569. The second-order valence-electron chi connectivity index (χ2n) is 5.92. The molecular formula is C14H17Cl2N3O2. The average Bonchev–Trinajstić information content (AvgIpc) is 2.48. The molecular weight excluding hydrogens is 313 g/mol. The number of hydrogen-bond acceptors (Lipinski definition) is 4. The van der Waals surface area contributed by atoms with Crippen molar-refractivity contribution in [2.45, 2.75) is 37.7 Å². The molecule has 1 amide bonds. The quantitative estimate of drug-likeness (QED) is 0.859. The highest BCUT2D eigenvalue weighted by Gasteiger charge is 2.44. The highest BCUT2D eigenvalue weighted by atomic mass is 35.5. The maximum atomic E-state index is 12.6. The van der Waals surface area contributed by atoms with Gasteiger partial charge >= 0.3 is 0 Å². The smallest absolute Gasteiger partial charge is 0.257 e. The zero-order chi connectivity index (χ0) is 15.0. The topological polar surface area (TPSA) is 66.3 Å². The number of halogens is 2. The summed E-state index contributed by atoms with van der Waals surface area (Å²) in [4.78, 5) is 14.3. The summed E-state index contributed by atoms with van der Waals surface area (Å²) in [6.07, 6.45) is 4.59. The van der Waals surface area contributed by atoms with Crippen LogP contribution in [0.25, 0.3) is 0 Å². The van der Waals surface area contributed by atoms with Crippen molar-refractivity contribution >= 4 is 29.1 Å². The third-order valence-electron chi connectivity index (χ3n) is 4.66. The third-order valence-corrected chi connectivity index (χ3v) is 5.13. The van der Waals surface area contributed by atoms with Gasteiger partial charge in [-0.25, -0.2) is 0 Å². The Kier molecular flexibility index (Phi) is 4.08. The zero-order valence-electron chi connectivity index (χ0n) is 11.6. The molecule has 2 fully saturated rings. The predicted molar refractivity (Wildman–Crippen MR) is 79.5 cm³/mol. The first-order valence-corrected chi connectivity index (χ1v) is 7.95. The molecule has 21 heavy (non-hydrogen) atoms. The van der Waals surface area contributed by atoms with Gasteiger partial charge in [0.2, 0.25) is 0 Å². The highest BCUT2D eigenvalue weighted by molar-refractivity contribution is 6.34. The van der Waals surface area contributed by atoms with Gasteiger partial charge in [0.1, 0.15) is 0 Å². The minimum atomic E-state index is -0.604. The number of aromatic nitrogens is 2. The van der Waals surface area contributed by atoms with E-state index in [0.29, 0.717) is 19.5 Å². The number of nitrogens with zero attached hydrogens (tertiary/aromatic N) is 3. The molecule has 1 aromatic heterocycles. The molecule has 2 aliphatic rings.